The Morgan fingerprint density at radius 1 is 0.406 bits per heavy atom. The van der Waals surface area contributed by atoms with Gasteiger partial charge in [-0.15, -0.1) is 0 Å². The highest BCUT2D eigenvalue weighted by molar-refractivity contribution is 6.04. The summed E-state index contributed by atoms with van der Waals surface area (Å²) in [5.41, 5.74) is 22.3. The van der Waals surface area contributed by atoms with E-state index in [1.165, 1.54) is 94.2 Å². The molecule has 0 radical (unpaired) electrons. The van der Waals surface area contributed by atoms with Crippen LogP contribution >= 0.6 is 0 Å². The summed E-state index contributed by atoms with van der Waals surface area (Å²) in [6.45, 7) is 0. The minimum absolute atomic E-state index is 0.403. The lowest BCUT2D eigenvalue weighted by atomic mass is 9.70. The van der Waals surface area contributed by atoms with Gasteiger partial charge < -0.3 is 4.90 Å². The summed E-state index contributed by atoms with van der Waals surface area (Å²) in [6.07, 6.45) is 14.7. The van der Waals surface area contributed by atoms with Crippen LogP contribution in [0.4, 0.5) is 17.1 Å². The maximum Gasteiger partial charge on any atom is 0.0726 e. The third-order valence-corrected chi connectivity index (χ3v) is 14.2. The Morgan fingerprint density at radius 3 is 1.77 bits per heavy atom. The van der Waals surface area contributed by atoms with Crippen LogP contribution in [0.25, 0.3) is 60.9 Å². The van der Waals surface area contributed by atoms with E-state index in [0.717, 1.165) is 23.5 Å². The van der Waals surface area contributed by atoms with Gasteiger partial charge in [0.1, 0.15) is 0 Å². The summed E-state index contributed by atoms with van der Waals surface area (Å²) in [5, 5.41) is 2.50. The first-order chi connectivity index (χ1) is 31.8. The molecule has 0 saturated heterocycles. The Hall–Kier alpha value is -8.00. The zero-order chi connectivity index (χ0) is 42.2. The van der Waals surface area contributed by atoms with Gasteiger partial charge in [0.05, 0.1) is 5.41 Å². The van der Waals surface area contributed by atoms with Gasteiger partial charge in [0.2, 0.25) is 0 Å². The molecule has 4 aliphatic rings. The van der Waals surface area contributed by atoms with Crippen LogP contribution in [0.15, 0.2) is 248 Å². The molecule has 9 aromatic rings. The van der Waals surface area contributed by atoms with Crippen molar-refractivity contribution in [2.24, 2.45) is 5.92 Å². The Morgan fingerprint density at radius 2 is 1.02 bits per heavy atom. The lowest BCUT2D eigenvalue weighted by Gasteiger charge is -2.32. The second kappa shape index (κ2) is 14.5. The van der Waals surface area contributed by atoms with Crippen molar-refractivity contribution >= 4 is 33.4 Å². The number of hydrogen-bond acceptors (Lipinski definition) is 1. The minimum Gasteiger partial charge on any atom is -0.310 e. The molecule has 0 amide bonds. The van der Waals surface area contributed by atoms with Crippen molar-refractivity contribution in [3.8, 4) is 44.5 Å². The summed E-state index contributed by atoms with van der Waals surface area (Å²) < 4.78 is 0. The molecule has 0 aromatic heterocycles. The number of hydrogen-bond donors (Lipinski definition) is 0. The number of rotatable bonds is 6. The normalized spacial score (nSPS) is 15.8. The Bertz CT molecular complexity index is 3410. The predicted octanol–water partition coefficient (Wildman–Crippen LogP) is 16.4. The quantitative estimate of drug-likeness (QED) is 0.162. The highest BCUT2D eigenvalue weighted by Gasteiger charge is 2.51. The lowest BCUT2D eigenvalue weighted by Crippen LogP contribution is -2.26. The predicted molar refractivity (Wildman–Crippen MR) is 268 cm³/mol. The summed E-state index contributed by atoms with van der Waals surface area (Å²) >= 11 is 0. The van der Waals surface area contributed by atoms with E-state index in [4.69, 9.17) is 0 Å². The molecule has 0 saturated carbocycles. The van der Waals surface area contributed by atoms with E-state index in [0.29, 0.717) is 5.92 Å². The van der Waals surface area contributed by atoms with Crippen LogP contribution in [0, 0.1) is 5.92 Å². The smallest absolute Gasteiger partial charge is 0.0726 e. The highest BCUT2D eigenvalue weighted by Crippen LogP contribution is 2.63. The topological polar surface area (TPSA) is 3.24 Å². The van der Waals surface area contributed by atoms with Crippen LogP contribution < -0.4 is 4.90 Å². The zero-order valence-electron chi connectivity index (χ0n) is 35.3. The standard InChI is InChI=1S/C63H43N/c1-2-18-45(19-3-1)62-52-24-7-5-17-43(52)34-38-53(62)44-32-35-47(36-33-44)64(48-22-14-21-46(40-48)51-28-15-20-42-16-4-6-23-50(42)51)49-37-39-57-56-27-10-13-31-60(56)63(61(57)41-49)58-29-11-8-25-54(58)55-26-9-12-30-59(55)63/h1-19,21-42H,20H2. The molecule has 0 bridgehead atoms. The average Bonchev–Trinajstić information content (AvgIpc) is 3.84. The first kappa shape index (κ1) is 36.6. The molecule has 0 heterocycles. The molecule has 4 aliphatic carbocycles. The van der Waals surface area contributed by atoms with Crippen molar-refractivity contribution in [3.05, 3.63) is 276 Å². The molecule has 0 fully saturated rings. The van der Waals surface area contributed by atoms with Crippen molar-refractivity contribution in [1.29, 1.82) is 0 Å². The van der Waals surface area contributed by atoms with Gasteiger partial charge in [-0.2, -0.15) is 0 Å². The van der Waals surface area contributed by atoms with Crippen LogP contribution in [0.1, 0.15) is 34.2 Å². The number of anilines is 3. The molecule has 64 heavy (non-hydrogen) atoms. The van der Waals surface area contributed by atoms with Gasteiger partial charge in [-0.1, -0.05) is 206 Å². The van der Waals surface area contributed by atoms with Gasteiger partial charge in [0.25, 0.3) is 0 Å². The van der Waals surface area contributed by atoms with Crippen LogP contribution in [0.3, 0.4) is 0 Å². The molecule has 1 atom stereocenters. The number of benzene rings is 9. The summed E-state index contributed by atoms with van der Waals surface area (Å²) in [7, 11) is 0. The maximum atomic E-state index is 2.50. The monoisotopic (exact) mass is 813 g/mol. The van der Waals surface area contributed by atoms with Crippen LogP contribution in [-0.2, 0) is 5.41 Å². The molecule has 1 spiro atoms. The zero-order valence-corrected chi connectivity index (χ0v) is 35.3. The fourth-order valence-electron chi connectivity index (χ4n) is 11.5. The molecule has 1 nitrogen and oxygen atoms in total. The molecule has 300 valence electrons. The highest BCUT2D eigenvalue weighted by atomic mass is 15.1. The number of fused-ring (bicyclic) bond motifs is 12. The van der Waals surface area contributed by atoms with Gasteiger partial charge in [0.15, 0.2) is 0 Å². The van der Waals surface area contributed by atoms with E-state index in [1.807, 2.05) is 0 Å². The van der Waals surface area contributed by atoms with Gasteiger partial charge >= 0.3 is 0 Å². The third kappa shape index (κ3) is 5.44. The molecule has 0 N–H and O–H groups in total. The van der Waals surface area contributed by atoms with E-state index in [-0.39, 0.29) is 0 Å². The second-order valence-corrected chi connectivity index (χ2v) is 17.5. The average molecular weight is 814 g/mol. The molecular formula is C63H43N. The van der Waals surface area contributed by atoms with Crippen molar-refractivity contribution in [2.75, 3.05) is 4.90 Å². The summed E-state index contributed by atoms with van der Waals surface area (Å²) in [5.74, 6) is 0.403. The molecule has 0 aliphatic heterocycles. The van der Waals surface area contributed by atoms with Gasteiger partial charge in [-0.25, -0.2) is 0 Å². The number of allylic oxidation sites excluding steroid dienone is 8. The first-order valence-corrected chi connectivity index (χ1v) is 22.5. The summed E-state index contributed by atoms with van der Waals surface area (Å²) in [4.78, 5) is 2.47. The fourth-order valence-corrected chi connectivity index (χ4v) is 11.5. The molecule has 1 unspecified atom stereocenters. The van der Waals surface area contributed by atoms with Gasteiger partial charge in [-0.05, 0) is 137 Å². The largest absolute Gasteiger partial charge is 0.310 e. The van der Waals surface area contributed by atoms with Crippen molar-refractivity contribution < 1.29 is 0 Å². The Balaban J connectivity index is 1.02. The van der Waals surface area contributed by atoms with Crippen LogP contribution in [0.5, 0.6) is 0 Å². The van der Waals surface area contributed by atoms with E-state index in [2.05, 4.69) is 248 Å². The third-order valence-electron chi connectivity index (χ3n) is 14.2. The van der Waals surface area contributed by atoms with Crippen molar-refractivity contribution in [3.63, 3.8) is 0 Å². The maximum absolute atomic E-state index is 2.50. The minimum atomic E-state index is -0.439. The molecule has 1 heteroatoms. The van der Waals surface area contributed by atoms with Crippen LogP contribution in [-0.4, -0.2) is 0 Å². The summed E-state index contributed by atoms with van der Waals surface area (Å²) in [6, 6.07) is 77.0. The van der Waals surface area contributed by atoms with Crippen LogP contribution in [0.2, 0.25) is 0 Å². The molecule has 9 aromatic carbocycles. The first-order valence-electron chi connectivity index (χ1n) is 22.5. The molecule has 13 rings (SSSR count). The van der Waals surface area contributed by atoms with E-state index >= 15 is 0 Å². The lowest BCUT2D eigenvalue weighted by molar-refractivity contribution is 0.784. The second-order valence-electron chi connectivity index (χ2n) is 17.5. The Kier molecular flexibility index (Phi) is 8.33. The van der Waals surface area contributed by atoms with E-state index in [1.54, 1.807) is 0 Å². The van der Waals surface area contributed by atoms with Crippen molar-refractivity contribution in [2.45, 2.75) is 11.8 Å². The van der Waals surface area contributed by atoms with Crippen molar-refractivity contribution in [1.82, 2.24) is 0 Å². The molecular weight excluding hydrogens is 771 g/mol. The number of nitrogens with zero attached hydrogens (tertiary/aromatic N) is 1. The van der Waals surface area contributed by atoms with Gasteiger partial charge in [-0.3, -0.25) is 0 Å². The van der Waals surface area contributed by atoms with Gasteiger partial charge in [0, 0.05) is 23.0 Å². The Labute approximate surface area is 375 Å². The van der Waals surface area contributed by atoms with E-state index < -0.39 is 5.41 Å². The van der Waals surface area contributed by atoms with E-state index in [9.17, 15) is 0 Å². The SMILES string of the molecule is C1=CC2=C(c3cccc(N(c4ccc(-c5ccc6ccccc6c5-c5ccccc5)cc4)c4ccc5c(c4)C4(c6ccccc6-c6ccccc64)c4ccccc4-5)c3)C=CCC2C=C1. The fraction of sp³-hybridized carbons (Fsp3) is 0.0476.